The molecule has 2 saturated heterocycles. The molecule has 34 heavy (non-hydrogen) atoms. The molecule has 2 aliphatic heterocycles. The first-order chi connectivity index (χ1) is 16.0. The van der Waals surface area contributed by atoms with Gasteiger partial charge in [0.25, 0.3) is 0 Å². The Labute approximate surface area is 204 Å². The number of carbonyl (C=O) groups is 2. The number of hydrogen-bond donors (Lipinski definition) is 2. The van der Waals surface area contributed by atoms with Gasteiger partial charge in [0.15, 0.2) is 0 Å². The molecule has 2 heterocycles. The fraction of sp³-hybridized carbons (Fsp3) is 0.667. The van der Waals surface area contributed by atoms with Crippen LogP contribution in [0.5, 0.6) is 0 Å². The van der Waals surface area contributed by atoms with E-state index in [1.807, 2.05) is 6.92 Å². The number of rotatable bonds is 8. The van der Waals surface area contributed by atoms with Gasteiger partial charge >= 0.3 is 0 Å². The van der Waals surface area contributed by atoms with Gasteiger partial charge in [-0.1, -0.05) is 50.6 Å². The van der Waals surface area contributed by atoms with E-state index in [1.165, 1.54) is 18.6 Å². The molecule has 0 radical (unpaired) electrons. The Hall–Kier alpha value is -2.25. The summed E-state index contributed by atoms with van der Waals surface area (Å²) in [6.45, 7) is 12.5. The third kappa shape index (κ3) is 9.55. The van der Waals surface area contributed by atoms with E-state index in [0.29, 0.717) is 5.92 Å². The average molecular weight is 474 g/mol. The van der Waals surface area contributed by atoms with E-state index in [2.05, 4.69) is 49.3 Å². The van der Waals surface area contributed by atoms with Crippen molar-refractivity contribution >= 4 is 17.6 Å². The third-order valence-corrected chi connectivity index (χ3v) is 6.66. The van der Waals surface area contributed by atoms with Gasteiger partial charge in [0.2, 0.25) is 11.8 Å². The second kappa shape index (κ2) is 13.6. The first-order valence-corrected chi connectivity index (χ1v) is 12.5. The highest BCUT2D eigenvalue weighted by Crippen LogP contribution is 2.28. The molecule has 0 aliphatic carbocycles. The smallest absolute Gasteiger partial charge is 0.244 e. The lowest BCUT2D eigenvalue weighted by atomic mass is 9.88. The quantitative estimate of drug-likeness (QED) is 0.239. The Morgan fingerprint density at radius 1 is 1.18 bits per heavy atom. The van der Waals surface area contributed by atoms with E-state index in [4.69, 9.17) is 15.2 Å². The Bertz CT molecular complexity index is 817. The minimum atomic E-state index is -0.354. The zero-order chi connectivity index (χ0) is 25.3. The van der Waals surface area contributed by atoms with Gasteiger partial charge < -0.3 is 20.5 Å². The van der Waals surface area contributed by atoms with E-state index in [1.54, 1.807) is 13.0 Å². The van der Waals surface area contributed by atoms with Crippen LogP contribution in [0.1, 0.15) is 67.2 Å². The van der Waals surface area contributed by atoms with Crippen molar-refractivity contribution in [3.05, 3.63) is 36.0 Å². The van der Waals surface area contributed by atoms with Crippen LogP contribution in [0, 0.1) is 17.8 Å². The van der Waals surface area contributed by atoms with Crippen LogP contribution < -0.4 is 11.1 Å². The van der Waals surface area contributed by atoms with Gasteiger partial charge in [-0.2, -0.15) is 0 Å². The van der Waals surface area contributed by atoms with Crippen LogP contribution in [0.25, 0.3) is 0 Å². The summed E-state index contributed by atoms with van der Waals surface area (Å²) in [5.41, 5.74) is 6.98. The summed E-state index contributed by atoms with van der Waals surface area (Å²) in [7, 11) is 0. The summed E-state index contributed by atoms with van der Waals surface area (Å²) in [4.78, 5) is 27.2. The third-order valence-electron chi connectivity index (χ3n) is 6.66. The molecule has 0 aromatic carbocycles. The molecule has 7 nitrogen and oxygen atoms in total. The molecular formula is C27H43N3O4. The van der Waals surface area contributed by atoms with Gasteiger partial charge in [0.05, 0.1) is 24.4 Å². The molecule has 2 fully saturated rings. The first kappa shape index (κ1) is 28.0. The predicted octanol–water partition coefficient (Wildman–Crippen LogP) is 4.09. The summed E-state index contributed by atoms with van der Waals surface area (Å²) in [6, 6.07) is -0.0580. The molecule has 0 bridgehead atoms. The maximum atomic E-state index is 12.4. The molecule has 5 unspecified atom stereocenters. The predicted molar refractivity (Wildman–Crippen MR) is 136 cm³/mol. The van der Waals surface area contributed by atoms with Crippen LogP contribution in [0.4, 0.5) is 0 Å². The van der Waals surface area contributed by atoms with Gasteiger partial charge in [-0.3, -0.25) is 9.59 Å². The van der Waals surface area contributed by atoms with Crippen molar-refractivity contribution in [1.29, 1.82) is 0 Å². The van der Waals surface area contributed by atoms with E-state index < -0.39 is 0 Å². The maximum Gasteiger partial charge on any atom is 0.244 e. The summed E-state index contributed by atoms with van der Waals surface area (Å²) < 4.78 is 12.1. The summed E-state index contributed by atoms with van der Waals surface area (Å²) in [6.07, 6.45) is 13.9. The minimum Gasteiger partial charge on any atom is -0.387 e. The van der Waals surface area contributed by atoms with Gasteiger partial charge in [-0.05, 0) is 57.4 Å². The number of nitrogens with two attached hydrogens (primary N) is 1. The molecule has 2 aliphatic rings. The maximum absolute atomic E-state index is 12.4. The van der Waals surface area contributed by atoms with Crippen LogP contribution in [0.15, 0.2) is 40.9 Å². The van der Waals surface area contributed by atoms with Crippen molar-refractivity contribution in [2.75, 3.05) is 6.61 Å². The zero-order valence-corrected chi connectivity index (χ0v) is 21.6. The lowest BCUT2D eigenvalue weighted by molar-refractivity contribution is -0.123. The number of hydrogen-bond acceptors (Lipinski definition) is 4. The van der Waals surface area contributed by atoms with Crippen molar-refractivity contribution in [2.24, 2.45) is 28.5 Å². The van der Waals surface area contributed by atoms with Crippen LogP contribution in [0.3, 0.4) is 0 Å². The Balaban J connectivity index is 1.83. The number of amides is 2. The van der Waals surface area contributed by atoms with Gasteiger partial charge in [-0.25, -0.2) is 4.99 Å². The van der Waals surface area contributed by atoms with Crippen LogP contribution >= 0.6 is 0 Å². The molecule has 190 valence electrons. The fourth-order valence-electron chi connectivity index (χ4n) is 4.32. The van der Waals surface area contributed by atoms with E-state index in [0.717, 1.165) is 38.2 Å². The van der Waals surface area contributed by atoms with Gasteiger partial charge in [-0.15, -0.1) is 0 Å². The summed E-state index contributed by atoms with van der Waals surface area (Å²) in [5, 5.41) is 3.04. The Kier molecular flexibility index (Phi) is 11.2. The van der Waals surface area contributed by atoms with E-state index >= 15 is 0 Å². The number of aliphatic imine (C=N–C) groups is 1. The molecule has 0 saturated carbocycles. The molecule has 0 spiro atoms. The molecule has 0 aromatic rings. The van der Waals surface area contributed by atoms with Crippen LogP contribution in [-0.2, 0) is 19.1 Å². The largest absolute Gasteiger partial charge is 0.387 e. The lowest BCUT2D eigenvalue weighted by Crippen LogP contribution is -2.50. The second-order valence-corrected chi connectivity index (χ2v) is 9.99. The summed E-state index contributed by atoms with van der Waals surface area (Å²) in [5.74, 6) is 0.382. The minimum absolute atomic E-state index is 0.0580. The molecule has 7 atom stereocenters. The first-order valence-electron chi connectivity index (χ1n) is 12.5. The van der Waals surface area contributed by atoms with Crippen molar-refractivity contribution in [3.8, 4) is 0 Å². The van der Waals surface area contributed by atoms with E-state index in [-0.39, 0.29) is 47.9 Å². The monoisotopic (exact) mass is 473 g/mol. The van der Waals surface area contributed by atoms with Gasteiger partial charge in [0.1, 0.15) is 5.84 Å². The molecule has 2 rings (SSSR count). The molecule has 0 aromatic heterocycles. The normalized spacial score (nSPS) is 32.2. The fourth-order valence-corrected chi connectivity index (χ4v) is 4.32. The Morgan fingerprint density at radius 3 is 2.59 bits per heavy atom. The molecule has 7 heteroatoms. The van der Waals surface area contributed by atoms with Crippen LogP contribution in [-0.4, -0.2) is 48.6 Å². The average Bonchev–Trinajstić information content (AvgIpc) is 2.76. The number of ether oxygens (including phenoxy) is 2. The number of nitrogens with zero attached hydrogens (tertiary/aromatic N) is 1. The number of amidine groups is 1. The SMILES string of the molecule is CC(=O)N=C(N)C(C)/C=C\C(=O)NC1CC(C)[C@H](C/C=C(C)/C=C/[C@@H]2CC(C)CCO2)OC1C. The zero-order valence-electron chi connectivity index (χ0n) is 21.6. The van der Waals surface area contributed by atoms with Crippen molar-refractivity contribution in [2.45, 2.75) is 91.6 Å². The van der Waals surface area contributed by atoms with Gasteiger partial charge in [0, 0.05) is 19.4 Å². The highest BCUT2D eigenvalue weighted by molar-refractivity contribution is 5.95. The highest BCUT2D eigenvalue weighted by atomic mass is 16.5. The van der Waals surface area contributed by atoms with E-state index in [9.17, 15) is 9.59 Å². The summed E-state index contributed by atoms with van der Waals surface area (Å²) >= 11 is 0. The topological polar surface area (TPSA) is 103 Å². The molecular weight excluding hydrogens is 430 g/mol. The lowest BCUT2D eigenvalue weighted by Gasteiger charge is -2.39. The van der Waals surface area contributed by atoms with Crippen molar-refractivity contribution < 1.29 is 19.1 Å². The Morgan fingerprint density at radius 2 is 1.91 bits per heavy atom. The molecule has 3 N–H and O–H groups in total. The number of carbonyl (C=O) groups excluding carboxylic acids is 2. The van der Waals surface area contributed by atoms with Crippen molar-refractivity contribution in [3.63, 3.8) is 0 Å². The number of allylic oxidation sites excluding steroid dienone is 2. The molecule has 2 amide bonds. The number of nitrogens with one attached hydrogen (secondary N) is 1. The standard InChI is InChI=1S/C27H43N3O4/c1-17(7-10-23-15-18(2)13-14-33-23)8-11-25-20(4)16-24(21(5)34-25)30-26(32)12-9-19(3)27(28)29-22(6)31/h7-10,12,18-21,23-25H,11,13-16H2,1-6H3,(H,30,32)(H2,28,29,31)/b10-7+,12-9-,17-8+/t18?,19?,20?,21?,23-,24?,25+/m1/s1. The highest BCUT2D eigenvalue weighted by Gasteiger charge is 2.33. The van der Waals surface area contributed by atoms with Crippen molar-refractivity contribution in [1.82, 2.24) is 5.32 Å². The van der Waals surface area contributed by atoms with Crippen LogP contribution in [0.2, 0.25) is 0 Å². The second-order valence-electron chi connectivity index (χ2n) is 9.99.